The van der Waals surface area contributed by atoms with Crippen molar-refractivity contribution in [1.82, 2.24) is 0 Å². The molecule has 0 aromatic rings. The zero-order chi connectivity index (χ0) is 5.54. The van der Waals surface area contributed by atoms with Crippen LogP contribution in [0, 0.1) is 0 Å². The molecule has 0 unspecified atom stereocenters. The number of allylic oxidation sites excluding steroid dienone is 1. The average Bonchev–Trinajstić information content (AvgIpc) is 1.69. The smallest absolute Gasteiger partial charge is 0.0904 e. The number of rotatable bonds is 2. The highest BCUT2D eigenvalue weighted by atomic mass is 127. The molecule has 0 bridgehead atoms. The van der Waals surface area contributed by atoms with Gasteiger partial charge in [-0.05, 0) is 12.3 Å². The lowest BCUT2D eigenvalue weighted by atomic mass is 10.7. The maximum Gasteiger partial charge on any atom is 0.0904 e. The van der Waals surface area contributed by atoms with Gasteiger partial charge in [0.25, 0.3) is 0 Å². The van der Waals surface area contributed by atoms with Gasteiger partial charge in [-0.1, -0.05) is 22.6 Å². The Morgan fingerprint density at radius 1 is 1.71 bits per heavy atom. The maximum absolute atomic E-state index is 5.00. The molecule has 0 rings (SSSR count). The molecular formula is C4H7IN2. The van der Waals surface area contributed by atoms with Crippen molar-refractivity contribution in [2.24, 2.45) is 10.7 Å². The van der Waals surface area contributed by atoms with Crippen LogP contribution >= 0.6 is 22.6 Å². The van der Waals surface area contributed by atoms with Crippen LogP contribution in [0.15, 0.2) is 17.3 Å². The second kappa shape index (κ2) is 5.94. The zero-order valence-corrected chi connectivity index (χ0v) is 6.00. The molecule has 40 valence electrons. The lowest BCUT2D eigenvalue weighted by molar-refractivity contribution is 1.44. The number of hydrogen-bond acceptors (Lipinski definition) is 2. The van der Waals surface area contributed by atoms with Crippen LogP contribution in [0.25, 0.3) is 0 Å². The molecule has 0 aliphatic heterocycles. The molecule has 0 fully saturated rings. The van der Waals surface area contributed by atoms with E-state index in [0.29, 0.717) is 0 Å². The standard InChI is InChI=1S/C4H7IN2/c5-4-7-3-1-2-6/h1-3H,4,6H2/b2-1-,7-3?. The third kappa shape index (κ3) is 5.94. The number of nitrogens with two attached hydrogens (primary N) is 1. The molecule has 7 heavy (non-hydrogen) atoms. The summed E-state index contributed by atoms with van der Waals surface area (Å²) >= 11 is 2.15. The van der Waals surface area contributed by atoms with Gasteiger partial charge >= 0.3 is 0 Å². The van der Waals surface area contributed by atoms with Gasteiger partial charge in [0.2, 0.25) is 0 Å². The zero-order valence-electron chi connectivity index (χ0n) is 3.84. The van der Waals surface area contributed by atoms with E-state index < -0.39 is 0 Å². The molecule has 2 nitrogen and oxygen atoms in total. The summed E-state index contributed by atoms with van der Waals surface area (Å²) in [6.07, 6.45) is 4.82. The van der Waals surface area contributed by atoms with Gasteiger partial charge in [0, 0.05) is 6.21 Å². The van der Waals surface area contributed by atoms with Gasteiger partial charge in [-0.2, -0.15) is 0 Å². The summed E-state index contributed by atoms with van der Waals surface area (Å²) in [4.78, 5) is 3.86. The fraction of sp³-hybridized carbons (Fsp3) is 0.250. The largest absolute Gasteiger partial charge is 0.405 e. The molecule has 0 spiro atoms. The molecule has 0 atom stereocenters. The van der Waals surface area contributed by atoms with E-state index in [-0.39, 0.29) is 0 Å². The van der Waals surface area contributed by atoms with Crippen molar-refractivity contribution < 1.29 is 0 Å². The van der Waals surface area contributed by atoms with Crippen LogP contribution < -0.4 is 5.73 Å². The van der Waals surface area contributed by atoms with Crippen molar-refractivity contribution in [3.05, 3.63) is 12.3 Å². The molecular weight excluding hydrogens is 203 g/mol. The number of aliphatic imine (C=N–C) groups is 1. The molecule has 0 radical (unpaired) electrons. The fourth-order valence-corrected chi connectivity index (χ4v) is 0.378. The Kier molecular flexibility index (Phi) is 5.89. The van der Waals surface area contributed by atoms with Crippen molar-refractivity contribution in [1.29, 1.82) is 0 Å². The van der Waals surface area contributed by atoms with E-state index in [2.05, 4.69) is 27.6 Å². The highest BCUT2D eigenvalue weighted by molar-refractivity contribution is 14.1. The number of nitrogens with zero attached hydrogens (tertiary/aromatic N) is 1. The number of alkyl halides is 1. The van der Waals surface area contributed by atoms with Gasteiger partial charge in [0.15, 0.2) is 0 Å². The molecule has 0 aliphatic rings. The Labute approximate surface area is 56.6 Å². The van der Waals surface area contributed by atoms with Crippen LogP contribution in [0.4, 0.5) is 0 Å². The highest BCUT2D eigenvalue weighted by Crippen LogP contribution is 1.77. The monoisotopic (exact) mass is 210 g/mol. The van der Waals surface area contributed by atoms with Gasteiger partial charge in [0.1, 0.15) is 0 Å². The van der Waals surface area contributed by atoms with Crippen LogP contribution in [-0.2, 0) is 0 Å². The second-order valence-electron chi connectivity index (χ2n) is 0.836. The molecule has 0 aromatic carbocycles. The van der Waals surface area contributed by atoms with Crippen molar-refractivity contribution >= 4 is 28.8 Å². The first-order valence-corrected chi connectivity index (χ1v) is 3.37. The first-order chi connectivity index (χ1) is 3.41. The van der Waals surface area contributed by atoms with Gasteiger partial charge in [-0.3, -0.25) is 4.99 Å². The molecule has 2 N–H and O–H groups in total. The van der Waals surface area contributed by atoms with Crippen molar-refractivity contribution in [3.8, 4) is 0 Å². The highest BCUT2D eigenvalue weighted by Gasteiger charge is 1.58. The summed E-state index contributed by atoms with van der Waals surface area (Å²) in [6.45, 7) is 0. The molecule has 0 aliphatic carbocycles. The van der Waals surface area contributed by atoms with Crippen LogP contribution in [0.3, 0.4) is 0 Å². The van der Waals surface area contributed by atoms with Gasteiger partial charge in [-0.15, -0.1) is 0 Å². The van der Waals surface area contributed by atoms with E-state index in [1.165, 1.54) is 6.20 Å². The van der Waals surface area contributed by atoms with Crippen LogP contribution in [-0.4, -0.2) is 10.8 Å². The molecule has 0 heterocycles. The molecule has 0 aromatic heterocycles. The summed E-state index contributed by atoms with van der Waals surface area (Å²) < 4.78 is 0.794. The SMILES string of the molecule is N/C=C\C=NCI. The topological polar surface area (TPSA) is 38.4 Å². The predicted molar refractivity (Wildman–Crippen MR) is 40.7 cm³/mol. The molecule has 3 heteroatoms. The Bertz CT molecular complexity index is 77.8. The van der Waals surface area contributed by atoms with Crippen LogP contribution in [0.2, 0.25) is 0 Å². The van der Waals surface area contributed by atoms with E-state index in [0.717, 1.165) is 4.55 Å². The average molecular weight is 210 g/mol. The summed E-state index contributed by atoms with van der Waals surface area (Å²) in [5.74, 6) is 0. The van der Waals surface area contributed by atoms with Crippen molar-refractivity contribution in [2.45, 2.75) is 0 Å². The summed E-state index contributed by atoms with van der Waals surface area (Å²) in [5.41, 5.74) is 5.00. The normalized spacial score (nSPS) is 11.6. The van der Waals surface area contributed by atoms with Crippen LogP contribution in [0.5, 0.6) is 0 Å². The minimum Gasteiger partial charge on any atom is -0.405 e. The van der Waals surface area contributed by atoms with Gasteiger partial charge in [-0.25, -0.2) is 0 Å². The van der Waals surface area contributed by atoms with E-state index in [9.17, 15) is 0 Å². The maximum atomic E-state index is 5.00. The third-order valence-electron chi connectivity index (χ3n) is 0.372. The van der Waals surface area contributed by atoms with Crippen molar-refractivity contribution in [3.63, 3.8) is 0 Å². The predicted octanol–water partition coefficient (Wildman–Crippen LogP) is 0.922. The van der Waals surface area contributed by atoms with Crippen molar-refractivity contribution in [2.75, 3.05) is 4.55 Å². The number of hydrogen-bond donors (Lipinski definition) is 1. The van der Waals surface area contributed by atoms with E-state index in [1.807, 2.05) is 0 Å². The molecule has 0 saturated carbocycles. The summed E-state index contributed by atoms with van der Waals surface area (Å²) in [6, 6.07) is 0. The van der Waals surface area contributed by atoms with E-state index >= 15 is 0 Å². The minimum absolute atomic E-state index is 0.794. The Morgan fingerprint density at radius 3 is 2.86 bits per heavy atom. The van der Waals surface area contributed by atoms with Gasteiger partial charge in [0.05, 0.1) is 4.55 Å². The fourth-order valence-electron chi connectivity index (χ4n) is 0.150. The number of halogens is 1. The summed E-state index contributed by atoms with van der Waals surface area (Å²) in [5, 5.41) is 0. The summed E-state index contributed by atoms with van der Waals surface area (Å²) in [7, 11) is 0. The minimum atomic E-state index is 0.794. The third-order valence-corrected chi connectivity index (χ3v) is 0.765. The lowest BCUT2D eigenvalue weighted by Crippen LogP contribution is -1.75. The van der Waals surface area contributed by atoms with E-state index in [1.54, 1.807) is 12.3 Å². The van der Waals surface area contributed by atoms with Gasteiger partial charge < -0.3 is 5.73 Å². The first kappa shape index (κ1) is 6.94. The second-order valence-corrected chi connectivity index (χ2v) is 1.52. The Hall–Kier alpha value is -0.0600. The first-order valence-electron chi connectivity index (χ1n) is 1.84. The molecule has 0 amide bonds. The van der Waals surface area contributed by atoms with E-state index in [4.69, 9.17) is 5.73 Å². The molecule has 0 saturated heterocycles. The van der Waals surface area contributed by atoms with Crippen LogP contribution in [0.1, 0.15) is 0 Å². The Morgan fingerprint density at radius 2 is 2.43 bits per heavy atom. The Balaban J connectivity index is 3.09. The quantitative estimate of drug-likeness (QED) is 0.313. The lowest BCUT2D eigenvalue weighted by Gasteiger charge is -1.71.